The molecule has 4 heteroatoms. The van der Waals surface area contributed by atoms with Crippen LogP contribution in [0.1, 0.15) is 36.0 Å². The molecule has 29 heavy (non-hydrogen) atoms. The second-order valence-corrected chi connectivity index (χ2v) is 7.56. The Labute approximate surface area is 177 Å². The Bertz CT molecular complexity index is 889. The number of aryl methyl sites for hydroxylation is 1. The van der Waals surface area contributed by atoms with Crippen LogP contribution >= 0.6 is 11.6 Å². The lowest BCUT2D eigenvalue weighted by Crippen LogP contribution is -2.37. The molecule has 1 atom stereocenters. The molecule has 0 bridgehead atoms. The van der Waals surface area contributed by atoms with E-state index in [1.807, 2.05) is 49.4 Å². The zero-order valence-electron chi connectivity index (χ0n) is 16.8. The number of nitrogens with one attached hydrogen (secondary N) is 1. The van der Waals surface area contributed by atoms with E-state index in [0.717, 1.165) is 12.0 Å². The van der Waals surface area contributed by atoms with Crippen LogP contribution in [0, 0.1) is 6.92 Å². The normalized spacial score (nSPS) is 11.9. The van der Waals surface area contributed by atoms with Gasteiger partial charge in [0, 0.05) is 17.5 Å². The zero-order chi connectivity index (χ0) is 20.6. The molecule has 0 aliphatic heterocycles. The molecule has 0 radical (unpaired) electrons. The number of hydrogen-bond acceptors (Lipinski definition) is 2. The van der Waals surface area contributed by atoms with E-state index in [9.17, 15) is 4.79 Å². The number of benzene rings is 3. The van der Waals surface area contributed by atoms with E-state index in [1.54, 1.807) is 19.1 Å². The van der Waals surface area contributed by atoms with Crippen LogP contribution in [0.3, 0.4) is 0 Å². The van der Waals surface area contributed by atoms with Crippen molar-refractivity contribution in [1.82, 2.24) is 5.32 Å². The fraction of sp³-hybridized carbons (Fsp3) is 0.240. The predicted molar refractivity (Wildman–Crippen MR) is 119 cm³/mol. The molecule has 0 fully saturated rings. The van der Waals surface area contributed by atoms with Crippen molar-refractivity contribution in [2.75, 3.05) is 6.54 Å². The first-order chi connectivity index (χ1) is 14.0. The molecular weight excluding hydrogens is 382 g/mol. The molecule has 3 aromatic rings. The van der Waals surface area contributed by atoms with Crippen LogP contribution in [-0.4, -0.2) is 18.6 Å². The zero-order valence-corrected chi connectivity index (χ0v) is 17.5. The summed E-state index contributed by atoms with van der Waals surface area (Å²) in [6.45, 7) is 4.24. The van der Waals surface area contributed by atoms with Gasteiger partial charge in [-0.15, -0.1) is 0 Å². The Morgan fingerprint density at radius 1 is 0.966 bits per heavy atom. The van der Waals surface area contributed by atoms with E-state index in [1.165, 1.54) is 11.1 Å². The Morgan fingerprint density at radius 2 is 1.55 bits per heavy atom. The number of rotatable bonds is 8. The Morgan fingerprint density at radius 3 is 2.10 bits per heavy atom. The largest absolute Gasteiger partial charge is 0.481 e. The SMILES string of the molecule is Cc1cc(Cl)ccc1O[C@@H](C)C(=O)NCCC(c1ccccc1)c1ccccc1. The first-order valence-corrected chi connectivity index (χ1v) is 10.2. The van der Waals surface area contributed by atoms with E-state index in [-0.39, 0.29) is 11.8 Å². The van der Waals surface area contributed by atoms with Gasteiger partial charge in [-0.05, 0) is 55.2 Å². The lowest BCUT2D eigenvalue weighted by molar-refractivity contribution is -0.127. The van der Waals surface area contributed by atoms with Gasteiger partial charge in [-0.2, -0.15) is 0 Å². The molecule has 0 spiro atoms. The number of halogens is 1. The number of amides is 1. The molecule has 1 amide bonds. The number of hydrogen-bond donors (Lipinski definition) is 1. The van der Waals surface area contributed by atoms with E-state index in [0.29, 0.717) is 17.3 Å². The summed E-state index contributed by atoms with van der Waals surface area (Å²) in [5.74, 6) is 0.773. The second kappa shape index (κ2) is 10.1. The lowest BCUT2D eigenvalue weighted by Gasteiger charge is -2.20. The average Bonchev–Trinajstić information content (AvgIpc) is 2.74. The van der Waals surface area contributed by atoms with Gasteiger partial charge in [0.1, 0.15) is 5.75 Å². The Kier molecular flexibility index (Phi) is 7.31. The van der Waals surface area contributed by atoms with Crippen LogP contribution < -0.4 is 10.1 Å². The summed E-state index contributed by atoms with van der Waals surface area (Å²) in [6.07, 6.45) is 0.230. The fourth-order valence-electron chi connectivity index (χ4n) is 3.37. The topological polar surface area (TPSA) is 38.3 Å². The van der Waals surface area contributed by atoms with Crippen molar-refractivity contribution in [2.24, 2.45) is 0 Å². The monoisotopic (exact) mass is 407 g/mol. The van der Waals surface area contributed by atoms with Crippen LogP contribution in [0.5, 0.6) is 5.75 Å². The number of carbonyl (C=O) groups excluding carboxylic acids is 1. The van der Waals surface area contributed by atoms with Gasteiger partial charge in [0.15, 0.2) is 6.10 Å². The number of carbonyl (C=O) groups is 1. The van der Waals surface area contributed by atoms with Gasteiger partial charge < -0.3 is 10.1 Å². The first kappa shape index (κ1) is 20.9. The summed E-state index contributed by atoms with van der Waals surface area (Å²) in [4.78, 5) is 12.5. The molecular formula is C25H26ClNO2. The summed E-state index contributed by atoms with van der Waals surface area (Å²) in [5.41, 5.74) is 3.40. The summed E-state index contributed by atoms with van der Waals surface area (Å²) < 4.78 is 5.82. The molecule has 3 nitrogen and oxygen atoms in total. The molecule has 0 aliphatic rings. The highest BCUT2D eigenvalue weighted by Gasteiger charge is 2.18. The smallest absolute Gasteiger partial charge is 0.260 e. The minimum atomic E-state index is -0.582. The number of ether oxygens (including phenoxy) is 1. The third-order valence-electron chi connectivity index (χ3n) is 4.95. The minimum Gasteiger partial charge on any atom is -0.481 e. The molecule has 0 unspecified atom stereocenters. The van der Waals surface area contributed by atoms with Crippen molar-refractivity contribution < 1.29 is 9.53 Å². The molecule has 0 saturated carbocycles. The van der Waals surface area contributed by atoms with Crippen molar-refractivity contribution >= 4 is 17.5 Å². The quantitative estimate of drug-likeness (QED) is 0.516. The second-order valence-electron chi connectivity index (χ2n) is 7.12. The summed E-state index contributed by atoms with van der Waals surface area (Å²) in [5, 5.41) is 3.67. The molecule has 0 aromatic heterocycles. The van der Waals surface area contributed by atoms with Gasteiger partial charge in [-0.1, -0.05) is 72.3 Å². The Balaban J connectivity index is 1.59. The minimum absolute atomic E-state index is 0.126. The van der Waals surface area contributed by atoms with Crippen LogP contribution in [-0.2, 0) is 4.79 Å². The first-order valence-electron chi connectivity index (χ1n) is 9.85. The van der Waals surface area contributed by atoms with Crippen molar-refractivity contribution in [3.8, 4) is 5.75 Å². The fourth-order valence-corrected chi connectivity index (χ4v) is 3.60. The van der Waals surface area contributed by atoms with E-state index in [2.05, 4.69) is 29.6 Å². The van der Waals surface area contributed by atoms with Gasteiger partial charge in [0.05, 0.1) is 0 Å². The van der Waals surface area contributed by atoms with Crippen LogP contribution in [0.25, 0.3) is 0 Å². The average molecular weight is 408 g/mol. The molecule has 0 aliphatic carbocycles. The van der Waals surface area contributed by atoms with Gasteiger partial charge in [-0.25, -0.2) is 0 Å². The molecule has 1 N–H and O–H groups in total. The van der Waals surface area contributed by atoms with E-state index >= 15 is 0 Å². The molecule has 0 heterocycles. The van der Waals surface area contributed by atoms with Gasteiger partial charge in [0.2, 0.25) is 0 Å². The van der Waals surface area contributed by atoms with Crippen LogP contribution in [0.4, 0.5) is 0 Å². The Hall–Kier alpha value is -2.78. The van der Waals surface area contributed by atoms with E-state index < -0.39 is 6.10 Å². The van der Waals surface area contributed by atoms with Crippen molar-refractivity contribution in [3.05, 3.63) is 101 Å². The molecule has 3 rings (SSSR count). The van der Waals surface area contributed by atoms with Crippen molar-refractivity contribution in [2.45, 2.75) is 32.3 Å². The lowest BCUT2D eigenvalue weighted by atomic mass is 9.88. The van der Waals surface area contributed by atoms with Gasteiger partial charge in [-0.3, -0.25) is 4.79 Å². The third-order valence-corrected chi connectivity index (χ3v) is 5.18. The molecule has 150 valence electrons. The van der Waals surface area contributed by atoms with Gasteiger partial charge in [0.25, 0.3) is 5.91 Å². The maximum absolute atomic E-state index is 12.5. The van der Waals surface area contributed by atoms with Crippen molar-refractivity contribution in [1.29, 1.82) is 0 Å². The van der Waals surface area contributed by atoms with Gasteiger partial charge >= 0.3 is 0 Å². The highest BCUT2D eigenvalue weighted by molar-refractivity contribution is 6.30. The van der Waals surface area contributed by atoms with E-state index in [4.69, 9.17) is 16.3 Å². The highest BCUT2D eigenvalue weighted by atomic mass is 35.5. The van der Waals surface area contributed by atoms with Crippen LogP contribution in [0.15, 0.2) is 78.9 Å². The molecule has 0 saturated heterocycles. The summed E-state index contributed by atoms with van der Waals surface area (Å²) in [7, 11) is 0. The predicted octanol–water partition coefficient (Wildman–Crippen LogP) is 5.75. The highest BCUT2D eigenvalue weighted by Crippen LogP contribution is 2.27. The standard InChI is InChI=1S/C25H26ClNO2/c1-18-17-22(26)13-14-24(18)29-19(2)25(28)27-16-15-23(20-9-5-3-6-10-20)21-11-7-4-8-12-21/h3-14,17,19,23H,15-16H2,1-2H3,(H,27,28)/t19-/m0/s1. The summed E-state index contributed by atoms with van der Waals surface area (Å²) >= 11 is 5.98. The maximum atomic E-state index is 12.5. The third kappa shape index (κ3) is 5.85. The van der Waals surface area contributed by atoms with Crippen molar-refractivity contribution in [3.63, 3.8) is 0 Å². The molecule has 3 aromatic carbocycles. The maximum Gasteiger partial charge on any atom is 0.260 e. The van der Waals surface area contributed by atoms with Crippen LogP contribution in [0.2, 0.25) is 5.02 Å². The summed E-state index contributed by atoms with van der Waals surface area (Å²) in [6, 6.07) is 26.2.